The van der Waals surface area contributed by atoms with Gasteiger partial charge in [0.15, 0.2) is 0 Å². The Hall–Kier alpha value is -1.51. The average molecular weight is 190 g/mol. The van der Waals surface area contributed by atoms with Crippen LogP contribution in [0.5, 0.6) is 0 Å². The first kappa shape index (κ1) is 9.06. The van der Waals surface area contributed by atoms with Gasteiger partial charge in [-0.2, -0.15) is 0 Å². The van der Waals surface area contributed by atoms with E-state index in [2.05, 4.69) is 29.2 Å². The molecule has 0 fully saturated rings. The van der Waals surface area contributed by atoms with Crippen LogP contribution in [0.1, 0.15) is 19.5 Å². The zero-order valence-corrected chi connectivity index (χ0v) is 8.45. The second-order valence-electron chi connectivity index (χ2n) is 3.83. The highest BCUT2D eigenvalue weighted by Crippen LogP contribution is 2.27. The van der Waals surface area contributed by atoms with Crippen LogP contribution in [0.15, 0.2) is 29.6 Å². The van der Waals surface area contributed by atoms with Crippen LogP contribution in [-0.2, 0) is 4.84 Å². The molecule has 1 N–H and O–H groups in total. The highest BCUT2D eigenvalue weighted by molar-refractivity contribution is 5.90. The molecule has 1 unspecified atom stereocenters. The topological polar surface area (TPSA) is 37.4 Å². The molecular formula is C11H14N2O. The molecular weight excluding hydrogens is 176 g/mol. The maximum atomic E-state index is 5.07. The van der Waals surface area contributed by atoms with Crippen molar-refractivity contribution < 1.29 is 4.84 Å². The first-order valence-corrected chi connectivity index (χ1v) is 4.70. The van der Waals surface area contributed by atoms with E-state index in [1.54, 1.807) is 0 Å². The van der Waals surface area contributed by atoms with Gasteiger partial charge < -0.3 is 9.82 Å². The van der Waals surface area contributed by atoms with E-state index in [1.807, 2.05) is 25.3 Å². The highest BCUT2D eigenvalue weighted by atomic mass is 16.6. The van der Waals surface area contributed by atoms with Crippen LogP contribution in [0.2, 0.25) is 0 Å². The molecule has 0 bridgehead atoms. The van der Waals surface area contributed by atoms with Crippen LogP contribution in [0.25, 0.3) is 6.08 Å². The molecule has 1 atom stereocenters. The largest absolute Gasteiger partial charge is 0.395 e. The summed E-state index contributed by atoms with van der Waals surface area (Å²) in [5.74, 6) is 0. The molecule has 0 amide bonds. The van der Waals surface area contributed by atoms with E-state index in [1.165, 1.54) is 0 Å². The quantitative estimate of drug-likeness (QED) is 0.764. The first-order valence-electron chi connectivity index (χ1n) is 4.70. The molecule has 3 heteroatoms. The Morgan fingerprint density at radius 2 is 2.50 bits per heavy atom. The van der Waals surface area contributed by atoms with Gasteiger partial charge in [-0.15, -0.1) is 0 Å². The minimum absolute atomic E-state index is 0.0505. The van der Waals surface area contributed by atoms with Crippen LogP contribution in [0.4, 0.5) is 0 Å². The minimum Gasteiger partial charge on any atom is -0.395 e. The van der Waals surface area contributed by atoms with Crippen molar-refractivity contribution in [3.8, 4) is 0 Å². The van der Waals surface area contributed by atoms with E-state index in [0.29, 0.717) is 6.61 Å². The molecule has 2 heterocycles. The number of oxime groups is 1. The van der Waals surface area contributed by atoms with Gasteiger partial charge in [0.25, 0.3) is 0 Å². The van der Waals surface area contributed by atoms with Crippen molar-refractivity contribution in [1.82, 2.24) is 4.98 Å². The van der Waals surface area contributed by atoms with Gasteiger partial charge in [0, 0.05) is 11.9 Å². The fourth-order valence-corrected chi connectivity index (χ4v) is 1.36. The summed E-state index contributed by atoms with van der Waals surface area (Å²) in [5, 5.41) is 3.94. The lowest BCUT2D eigenvalue weighted by Gasteiger charge is -2.15. The summed E-state index contributed by atoms with van der Waals surface area (Å²) in [7, 11) is 0. The first-order chi connectivity index (χ1) is 6.71. The van der Waals surface area contributed by atoms with Gasteiger partial charge in [0.2, 0.25) is 0 Å². The van der Waals surface area contributed by atoms with Gasteiger partial charge in [-0.3, -0.25) is 0 Å². The number of aromatic amines is 1. The van der Waals surface area contributed by atoms with Gasteiger partial charge in [0.05, 0.1) is 11.1 Å². The molecule has 0 aliphatic carbocycles. The molecule has 0 saturated heterocycles. The summed E-state index contributed by atoms with van der Waals surface area (Å²) >= 11 is 0. The van der Waals surface area contributed by atoms with Crippen molar-refractivity contribution in [1.29, 1.82) is 0 Å². The van der Waals surface area contributed by atoms with Gasteiger partial charge >= 0.3 is 0 Å². The summed E-state index contributed by atoms with van der Waals surface area (Å²) in [4.78, 5) is 8.19. The number of rotatable bonds is 2. The van der Waals surface area contributed by atoms with Crippen LogP contribution in [-0.4, -0.2) is 17.3 Å². The molecule has 0 radical (unpaired) electrons. The molecule has 3 nitrogen and oxygen atoms in total. The number of nitrogens with zero attached hydrogens (tertiary/aromatic N) is 1. The number of hydrogen-bond acceptors (Lipinski definition) is 2. The molecule has 2 rings (SSSR count). The van der Waals surface area contributed by atoms with Crippen LogP contribution >= 0.6 is 0 Å². The van der Waals surface area contributed by atoms with E-state index < -0.39 is 0 Å². The monoisotopic (exact) mass is 190 g/mol. The third kappa shape index (κ3) is 1.58. The molecule has 74 valence electrons. The molecule has 1 aromatic rings. The molecule has 0 spiro atoms. The molecule has 1 aliphatic heterocycles. The predicted molar refractivity (Wildman–Crippen MR) is 57.0 cm³/mol. The Morgan fingerprint density at radius 1 is 1.64 bits per heavy atom. The average Bonchev–Trinajstić information content (AvgIpc) is 2.75. The van der Waals surface area contributed by atoms with Crippen LogP contribution < -0.4 is 0 Å². The number of hydrogen-bond donors (Lipinski definition) is 1. The molecule has 14 heavy (non-hydrogen) atoms. The lowest BCUT2D eigenvalue weighted by molar-refractivity contribution is 0.141. The Morgan fingerprint density at radius 3 is 3.07 bits per heavy atom. The molecule has 1 aliphatic rings. The lowest BCUT2D eigenvalue weighted by atomic mass is 9.87. The summed E-state index contributed by atoms with van der Waals surface area (Å²) in [6.07, 6.45) is 6.10. The third-order valence-electron chi connectivity index (χ3n) is 2.65. The predicted octanol–water partition coefficient (Wildman–Crippen LogP) is 2.44. The summed E-state index contributed by atoms with van der Waals surface area (Å²) < 4.78 is 0. The van der Waals surface area contributed by atoms with Crippen molar-refractivity contribution in [2.75, 3.05) is 6.61 Å². The lowest BCUT2D eigenvalue weighted by Crippen LogP contribution is -2.22. The van der Waals surface area contributed by atoms with Crippen LogP contribution in [0.3, 0.4) is 0 Å². The van der Waals surface area contributed by atoms with Crippen molar-refractivity contribution in [2.24, 2.45) is 10.6 Å². The van der Waals surface area contributed by atoms with Gasteiger partial charge in [-0.05, 0) is 32.1 Å². The smallest absolute Gasteiger partial charge is 0.131 e. The highest BCUT2D eigenvalue weighted by Gasteiger charge is 2.30. The van der Waals surface area contributed by atoms with Gasteiger partial charge in [0.1, 0.15) is 6.61 Å². The molecule has 0 saturated carbocycles. The van der Waals surface area contributed by atoms with Crippen molar-refractivity contribution >= 4 is 11.8 Å². The Labute approximate surface area is 83.5 Å². The zero-order valence-electron chi connectivity index (χ0n) is 8.45. The Balaban J connectivity index is 2.14. The van der Waals surface area contributed by atoms with E-state index in [9.17, 15) is 0 Å². The zero-order chi connectivity index (χ0) is 10.0. The minimum atomic E-state index is -0.0505. The molecule has 0 aromatic carbocycles. The second-order valence-corrected chi connectivity index (χ2v) is 3.83. The normalized spacial score (nSPS) is 26.6. The fraction of sp³-hybridized carbons (Fsp3) is 0.364. The van der Waals surface area contributed by atoms with E-state index in [4.69, 9.17) is 4.84 Å². The maximum Gasteiger partial charge on any atom is 0.131 e. The second kappa shape index (κ2) is 3.33. The van der Waals surface area contributed by atoms with E-state index in [-0.39, 0.29) is 5.41 Å². The fourth-order valence-electron chi connectivity index (χ4n) is 1.36. The Kier molecular flexibility index (Phi) is 2.15. The third-order valence-corrected chi connectivity index (χ3v) is 2.65. The van der Waals surface area contributed by atoms with Crippen molar-refractivity contribution in [2.45, 2.75) is 13.8 Å². The number of nitrogens with one attached hydrogen (secondary N) is 1. The summed E-state index contributed by atoms with van der Waals surface area (Å²) in [6, 6.07) is 4.01. The van der Waals surface area contributed by atoms with Crippen molar-refractivity contribution in [3.05, 3.63) is 30.1 Å². The Bertz CT molecular complexity index is 365. The van der Waals surface area contributed by atoms with Gasteiger partial charge in [-0.1, -0.05) is 11.2 Å². The molecule has 1 aromatic heterocycles. The number of H-pyrrole nitrogens is 1. The summed E-state index contributed by atoms with van der Waals surface area (Å²) in [6.45, 7) is 4.75. The van der Waals surface area contributed by atoms with E-state index in [0.717, 1.165) is 11.4 Å². The van der Waals surface area contributed by atoms with E-state index >= 15 is 0 Å². The standard InChI is InChI=1S/C11H14N2O/c1-9-11(2,8-14-13-9)6-5-10-4-3-7-12-10/h3-7,12H,8H2,1-2H3/b6-5+. The summed E-state index contributed by atoms with van der Waals surface area (Å²) in [5.41, 5.74) is 2.08. The maximum absolute atomic E-state index is 5.07. The SMILES string of the molecule is CC1=NOCC1(C)/C=C/c1ccc[nH]1. The van der Waals surface area contributed by atoms with Crippen molar-refractivity contribution in [3.63, 3.8) is 0 Å². The van der Waals surface area contributed by atoms with Crippen LogP contribution in [0, 0.1) is 5.41 Å². The van der Waals surface area contributed by atoms with Gasteiger partial charge in [-0.25, -0.2) is 0 Å². The number of aromatic nitrogens is 1.